The molecule has 0 radical (unpaired) electrons. The number of nitrogens with one attached hydrogen (secondary N) is 1. The van der Waals surface area contributed by atoms with Gasteiger partial charge >= 0.3 is 0 Å². The maximum atomic E-state index is 12.5. The van der Waals surface area contributed by atoms with Gasteiger partial charge in [0.1, 0.15) is 5.69 Å². The van der Waals surface area contributed by atoms with Crippen molar-refractivity contribution >= 4 is 5.69 Å². The second kappa shape index (κ2) is 8.37. The number of ether oxygens (including phenoxy) is 1. The third-order valence-corrected chi connectivity index (χ3v) is 6.54. The van der Waals surface area contributed by atoms with E-state index in [2.05, 4.69) is 27.5 Å². The fourth-order valence-corrected chi connectivity index (χ4v) is 4.50. The SMILES string of the molecule is Cc1ccc(CNc2cc(OCC3C[C@H]3c3ccc4c(n3)CCC4)nn(C)c2=O)c(C)n1. The summed E-state index contributed by atoms with van der Waals surface area (Å²) >= 11 is 0. The normalized spacial score (nSPS) is 19.0. The molecule has 0 bridgehead atoms. The predicted octanol–water partition coefficient (Wildman–Crippen LogP) is 3.47. The zero-order valence-electron chi connectivity index (χ0n) is 18.9. The second-order valence-corrected chi connectivity index (χ2v) is 8.98. The van der Waals surface area contributed by atoms with Crippen LogP contribution in [0.1, 0.15) is 52.7 Å². The summed E-state index contributed by atoms with van der Waals surface area (Å²) in [6.45, 7) is 5.05. The smallest absolute Gasteiger partial charge is 0.290 e. The summed E-state index contributed by atoms with van der Waals surface area (Å²) in [6.07, 6.45) is 4.57. The first-order valence-corrected chi connectivity index (χ1v) is 11.3. The van der Waals surface area contributed by atoms with E-state index in [1.807, 2.05) is 26.0 Å². The van der Waals surface area contributed by atoms with Crippen molar-refractivity contribution in [3.8, 4) is 5.88 Å². The number of hydrogen-bond acceptors (Lipinski definition) is 6. The number of anilines is 1. The lowest BCUT2D eigenvalue weighted by Crippen LogP contribution is -2.24. The van der Waals surface area contributed by atoms with Crippen LogP contribution < -0.4 is 15.6 Å². The highest BCUT2D eigenvalue weighted by molar-refractivity contribution is 5.44. The van der Waals surface area contributed by atoms with Crippen molar-refractivity contribution in [1.82, 2.24) is 19.7 Å². The Hall–Kier alpha value is -3.22. The van der Waals surface area contributed by atoms with Gasteiger partial charge < -0.3 is 10.1 Å². The van der Waals surface area contributed by atoms with Crippen LogP contribution in [0.3, 0.4) is 0 Å². The van der Waals surface area contributed by atoms with E-state index < -0.39 is 0 Å². The van der Waals surface area contributed by atoms with Crippen molar-refractivity contribution in [2.24, 2.45) is 13.0 Å². The first kappa shape index (κ1) is 20.7. The molecule has 0 saturated heterocycles. The number of fused-ring (bicyclic) bond motifs is 1. The number of rotatable bonds is 7. The molecule has 0 amide bonds. The lowest BCUT2D eigenvalue weighted by Gasteiger charge is -2.12. The van der Waals surface area contributed by atoms with E-state index in [0.717, 1.165) is 36.2 Å². The fourth-order valence-electron chi connectivity index (χ4n) is 4.50. The molecule has 7 nitrogen and oxygen atoms in total. The van der Waals surface area contributed by atoms with Gasteiger partial charge in [-0.3, -0.25) is 14.8 Å². The molecular formula is C25H29N5O2. The van der Waals surface area contributed by atoms with Crippen LogP contribution >= 0.6 is 0 Å². The van der Waals surface area contributed by atoms with Crippen molar-refractivity contribution in [1.29, 1.82) is 0 Å². The minimum atomic E-state index is -0.179. The fraction of sp³-hybridized carbons (Fsp3) is 0.440. The first-order chi connectivity index (χ1) is 15.5. The molecule has 166 valence electrons. The van der Waals surface area contributed by atoms with Crippen molar-refractivity contribution < 1.29 is 4.74 Å². The molecule has 2 aliphatic carbocycles. The van der Waals surface area contributed by atoms with Crippen LogP contribution in [0.15, 0.2) is 35.1 Å². The van der Waals surface area contributed by atoms with Crippen LogP contribution in [-0.2, 0) is 26.4 Å². The molecule has 1 saturated carbocycles. The average Bonchev–Trinajstić information content (AvgIpc) is 3.40. The Morgan fingerprint density at radius 3 is 2.88 bits per heavy atom. The summed E-state index contributed by atoms with van der Waals surface area (Å²) in [5, 5.41) is 7.51. The van der Waals surface area contributed by atoms with E-state index in [4.69, 9.17) is 9.72 Å². The molecule has 1 unspecified atom stereocenters. The predicted molar refractivity (Wildman–Crippen MR) is 123 cm³/mol. The van der Waals surface area contributed by atoms with Gasteiger partial charge in [-0.15, -0.1) is 5.10 Å². The summed E-state index contributed by atoms with van der Waals surface area (Å²) < 4.78 is 7.32. The zero-order valence-corrected chi connectivity index (χ0v) is 18.9. The molecule has 3 aromatic heterocycles. The first-order valence-electron chi connectivity index (χ1n) is 11.3. The van der Waals surface area contributed by atoms with Gasteiger partial charge in [-0.1, -0.05) is 12.1 Å². The Morgan fingerprint density at radius 2 is 2.03 bits per heavy atom. The molecule has 1 N–H and O–H groups in total. The maximum absolute atomic E-state index is 12.5. The molecule has 3 heterocycles. The lowest BCUT2D eigenvalue weighted by atomic mass is 10.1. The van der Waals surface area contributed by atoms with Crippen LogP contribution in [0.25, 0.3) is 0 Å². The molecule has 5 rings (SSSR count). The van der Waals surface area contributed by atoms with Crippen LogP contribution in [-0.4, -0.2) is 26.4 Å². The third-order valence-electron chi connectivity index (χ3n) is 6.54. The number of hydrogen-bond donors (Lipinski definition) is 1. The number of aromatic nitrogens is 4. The van der Waals surface area contributed by atoms with E-state index >= 15 is 0 Å². The van der Waals surface area contributed by atoms with E-state index in [1.54, 1.807) is 13.1 Å². The van der Waals surface area contributed by atoms with Crippen LogP contribution in [0, 0.1) is 19.8 Å². The largest absolute Gasteiger partial charge is 0.476 e. The van der Waals surface area contributed by atoms with E-state index in [0.29, 0.717) is 36.6 Å². The van der Waals surface area contributed by atoms with Crippen LogP contribution in [0.4, 0.5) is 5.69 Å². The Kier molecular flexibility index (Phi) is 5.41. The summed E-state index contributed by atoms with van der Waals surface area (Å²) in [5.41, 5.74) is 7.18. The molecular weight excluding hydrogens is 402 g/mol. The monoisotopic (exact) mass is 431 g/mol. The van der Waals surface area contributed by atoms with Gasteiger partial charge in [0, 0.05) is 54.3 Å². The highest BCUT2D eigenvalue weighted by Gasteiger charge is 2.40. The minimum absolute atomic E-state index is 0.179. The van der Waals surface area contributed by atoms with Gasteiger partial charge in [-0.05, 0) is 62.8 Å². The summed E-state index contributed by atoms with van der Waals surface area (Å²) in [7, 11) is 1.65. The molecule has 0 aliphatic heterocycles. The molecule has 32 heavy (non-hydrogen) atoms. The van der Waals surface area contributed by atoms with Gasteiger partial charge in [0.05, 0.1) is 6.61 Å². The molecule has 2 atom stereocenters. The van der Waals surface area contributed by atoms with E-state index in [-0.39, 0.29) is 5.56 Å². The van der Waals surface area contributed by atoms with E-state index in [1.165, 1.54) is 28.1 Å². The highest BCUT2D eigenvalue weighted by Crippen LogP contribution is 2.47. The van der Waals surface area contributed by atoms with Gasteiger partial charge in [0.2, 0.25) is 5.88 Å². The molecule has 0 aromatic carbocycles. The summed E-state index contributed by atoms with van der Waals surface area (Å²) in [5.74, 6) is 1.36. The van der Waals surface area contributed by atoms with Crippen LogP contribution in [0.5, 0.6) is 5.88 Å². The van der Waals surface area contributed by atoms with Crippen molar-refractivity contribution in [3.05, 3.63) is 74.6 Å². The Morgan fingerprint density at radius 1 is 1.16 bits per heavy atom. The molecule has 1 fully saturated rings. The quantitative estimate of drug-likeness (QED) is 0.617. The average molecular weight is 432 g/mol. The standard InChI is InChI=1S/C25H29N5O2/c1-15-7-8-18(16(2)27-15)13-26-23-12-24(29-30(3)25(23)31)32-14-19-11-20(19)22-10-9-17-5-4-6-21(17)28-22/h7-10,12,19-20,26H,4-6,11,13-14H2,1-3H3/t19?,20-/m1/s1. The van der Waals surface area contributed by atoms with Crippen LogP contribution in [0.2, 0.25) is 0 Å². The second-order valence-electron chi connectivity index (χ2n) is 8.98. The van der Waals surface area contributed by atoms with Gasteiger partial charge in [-0.2, -0.15) is 0 Å². The minimum Gasteiger partial charge on any atom is -0.476 e. The van der Waals surface area contributed by atoms with Gasteiger partial charge in [0.15, 0.2) is 0 Å². The van der Waals surface area contributed by atoms with E-state index in [9.17, 15) is 4.79 Å². The molecule has 0 spiro atoms. The van der Waals surface area contributed by atoms with Crippen molar-refractivity contribution in [2.45, 2.75) is 52.0 Å². The van der Waals surface area contributed by atoms with Crippen molar-refractivity contribution in [2.75, 3.05) is 11.9 Å². The Labute approximate surface area is 187 Å². The number of aryl methyl sites for hydroxylation is 5. The topological polar surface area (TPSA) is 81.9 Å². The Balaban J connectivity index is 1.22. The Bertz CT molecular complexity index is 1220. The van der Waals surface area contributed by atoms with Gasteiger partial charge in [-0.25, -0.2) is 4.68 Å². The molecule has 2 aliphatic rings. The zero-order chi connectivity index (χ0) is 22.2. The summed E-state index contributed by atoms with van der Waals surface area (Å²) in [6, 6.07) is 10.1. The third kappa shape index (κ3) is 4.24. The molecule has 3 aromatic rings. The number of pyridine rings is 2. The highest BCUT2D eigenvalue weighted by atomic mass is 16.5. The lowest BCUT2D eigenvalue weighted by molar-refractivity contribution is 0.278. The molecule has 7 heteroatoms. The summed E-state index contributed by atoms with van der Waals surface area (Å²) in [4.78, 5) is 21.9. The maximum Gasteiger partial charge on any atom is 0.290 e. The van der Waals surface area contributed by atoms with Gasteiger partial charge in [0.25, 0.3) is 5.56 Å². The number of nitrogens with zero attached hydrogens (tertiary/aromatic N) is 4. The van der Waals surface area contributed by atoms with Crippen molar-refractivity contribution in [3.63, 3.8) is 0 Å².